The van der Waals surface area contributed by atoms with E-state index in [0.717, 1.165) is 16.2 Å². The molecule has 4 rings (SSSR count). The van der Waals surface area contributed by atoms with Gasteiger partial charge in [-0.15, -0.1) is 0 Å². The normalized spacial score (nSPS) is 10.8. The van der Waals surface area contributed by atoms with E-state index in [4.69, 9.17) is 9.47 Å². The Bertz CT molecular complexity index is 1380. The summed E-state index contributed by atoms with van der Waals surface area (Å²) >= 11 is 0. The SMILES string of the molecule is COc1ccc(CNc2ncc3c(=O)n(-c4cccc(F)c4)c(=O)[nH]c3n2)cc1OC. The van der Waals surface area contributed by atoms with Crippen LogP contribution in [0.4, 0.5) is 10.3 Å². The number of H-pyrrole nitrogens is 1. The maximum atomic E-state index is 13.5. The number of fused-ring (bicyclic) bond motifs is 1. The number of hydrogen-bond donors (Lipinski definition) is 2. The predicted octanol–water partition coefficient (Wildman–Crippen LogP) is 2.24. The standard InChI is InChI=1S/C21H18FN5O4/c1-30-16-7-6-12(8-17(16)31-2)10-23-20-24-11-15-18(25-20)26-21(29)27(19(15)28)14-5-3-4-13(22)9-14/h3-9,11H,10H2,1-2H3,(H2,23,24,25,26,29). The van der Waals surface area contributed by atoms with E-state index in [9.17, 15) is 14.0 Å². The smallest absolute Gasteiger partial charge is 0.334 e. The molecular weight excluding hydrogens is 405 g/mol. The molecule has 0 aliphatic heterocycles. The van der Waals surface area contributed by atoms with Crippen molar-refractivity contribution in [3.63, 3.8) is 0 Å². The van der Waals surface area contributed by atoms with Crippen LogP contribution in [-0.4, -0.2) is 33.7 Å². The molecule has 0 radical (unpaired) electrons. The van der Waals surface area contributed by atoms with Crippen molar-refractivity contribution in [2.75, 3.05) is 19.5 Å². The topological polar surface area (TPSA) is 111 Å². The third-order valence-electron chi connectivity index (χ3n) is 4.62. The van der Waals surface area contributed by atoms with Gasteiger partial charge in [-0.05, 0) is 35.9 Å². The van der Waals surface area contributed by atoms with Crippen LogP contribution in [0, 0.1) is 5.82 Å². The summed E-state index contributed by atoms with van der Waals surface area (Å²) in [4.78, 5) is 36.2. The van der Waals surface area contributed by atoms with E-state index < -0.39 is 17.1 Å². The van der Waals surface area contributed by atoms with Crippen molar-refractivity contribution in [1.82, 2.24) is 19.5 Å². The number of benzene rings is 2. The summed E-state index contributed by atoms with van der Waals surface area (Å²) < 4.78 is 24.9. The zero-order valence-corrected chi connectivity index (χ0v) is 16.7. The first-order chi connectivity index (χ1) is 15.0. The quantitative estimate of drug-likeness (QED) is 0.489. The van der Waals surface area contributed by atoms with Gasteiger partial charge in [-0.2, -0.15) is 4.98 Å². The summed E-state index contributed by atoms with van der Waals surface area (Å²) in [6, 6.07) is 10.7. The molecule has 0 aliphatic rings. The number of anilines is 1. The number of halogens is 1. The molecule has 2 aromatic carbocycles. The minimum atomic E-state index is -0.729. The molecule has 0 saturated carbocycles. The number of nitrogens with one attached hydrogen (secondary N) is 2. The van der Waals surface area contributed by atoms with Gasteiger partial charge in [-0.3, -0.25) is 9.78 Å². The van der Waals surface area contributed by atoms with Crippen LogP contribution in [0.15, 0.2) is 58.3 Å². The molecule has 2 aromatic heterocycles. The lowest BCUT2D eigenvalue weighted by molar-refractivity contribution is 0.354. The second-order valence-electron chi connectivity index (χ2n) is 6.55. The van der Waals surface area contributed by atoms with Gasteiger partial charge in [0.05, 0.1) is 19.9 Å². The van der Waals surface area contributed by atoms with Crippen LogP contribution in [0.5, 0.6) is 11.5 Å². The number of ether oxygens (including phenoxy) is 2. The van der Waals surface area contributed by atoms with Gasteiger partial charge in [0, 0.05) is 12.7 Å². The van der Waals surface area contributed by atoms with E-state index >= 15 is 0 Å². The molecule has 0 spiro atoms. The number of aromatic nitrogens is 4. The minimum Gasteiger partial charge on any atom is -0.493 e. The zero-order valence-electron chi connectivity index (χ0n) is 16.7. The van der Waals surface area contributed by atoms with E-state index in [1.165, 1.54) is 24.4 Å². The Morgan fingerprint density at radius 2 is 1.90 bits per heavy atom. The van der Waals surface area contributed by atoms with E-state index in [-0.39, 0.29) is 22.7 Å². The Balaban J connectivity index is 1.64. The molecule has 0 saturated heterocycles. The summed E-state index contributed by atoms with van der Waals surface area (Å²) in [6.45, 7) is 0.371. The third-order valence-corrected chi connectivity index (χ3v) is 4.62. The number of rotatable bonds is 6. The lowest BCUT2D eigenvalue weighted by Gasteiger charge is -2.11. The highest BCUT2D eigenvalue weighted by atomic mass is 19.1. The summed E-state index contributed by atoms with van der Waals surface area (Å²) in [5, 5.41) is 3.13. The fraction of sp³-hybridized carbons (Fsp3) is 0.143. The Morgan fingerprint density at radius 1 is 1.10 bits per heavy atom. The molecule has 2 N–H and O–H groups in total. The molecule has 10 heteroatoms. The molecule has 31 heavy (non-hydrogen) atoms. The van der Waals surface area contributed by atoms with Gasteiger partial charge in [0.15, 0.2) is 17.1 Å². The van der Waals surface area contributed by atoms with Crippen LogP contribution in [0.1, 0.15) is 5.56 Å². The van der Waals surface area contributed by atoms with Gasteiger partial charge in [0.1, 0.15) is 11.2 Å². The highest BCUT2D eigenvalue weighted by Crippen LogP contribution is 2.27. The first-order valence-corrected chi connectivity index (χ1v) is 9.23. The van der Waals surface area contributed by atoms with Gasteiger partial charge < -0.3 is 14.8 Å². The highest BCUT2D eigenvalue weighted by molar-refractivity contribution is 5.73. The van der Waals surface area contributed by atoms with Crippen LogP contribution >= 0.6 is 0 Å². The van der Waals surface area contributed by atoms with Gasteiger partial charge in [0.25, 0.3) is 5.56 Å². The first-order valence-electron chi connectivity index (χ1n) is 9.23. The van der Waals surface area contributed by atoms with Crippen molar-refractivity contribution in [3.05, 3.63) is 80.9 Å². The predicted molar refractivity (Wildman–Crippen MR) is 113 cm³/mol. The number of aromatic amines is 1. The lowest BCUT2D eigenvalue weighted by Crippen LogP contribution is -2.34. The van der Waals surface area contributed by atoms with Crippen LogP contribution < -0.4 is 26.0 Å². The maximum absolute atomic E-state index is 13.5. The van der Waals surface area contributed by atoms with Crippen molar-refractivity contribution in [1.29, 1.82) is 0 Å². The molecule has 4 aromatic rings. The summed E-state index contributed by atoms with van der Waals surface area (Å²) in [6.07, 6.45) is 1.31. The van der Waals surface area contributed by atoms with Crippen molar-refractivity contribution >= 4 is 17.0 Å². The molecule has 0 amide bonds. The van der Waals surface area contributed by atoms with E-state index in [2.05, 4.69) is 20.3 Å². The monoisotopic (exact) mass is 423 g/mol. The van der Waals surface area contributed by atoms with Crippen LogP contribution in [0.25, 0.3) is 16.7 Å². The number of methoxy groups -OCH3 is 2. The van der Waals surface area contributed by atoms with Crippen molar-refractivity contribution in [3.8, 4) is 17.2 Å². The summed E-state index contributed by atoms with van der Waals surface area (Å²) in [7, 11) is 3.11. The molecule has 0 atom stereocenters. The fourth-order valence-electron chi connectivity index (χ4n) is 3.11. The third kappa shape index (κ3) is 3.95. The van der Waals surface area contributed by atoms with Crippen molar-refractivity contribution < 1.29 is 13.9 Å². The lowest BCUT2D eigenvalue weighted by atomic mass is 10.2. The second-order valence-corrected chi connectivity index (χ2v) is 6.55. The molecule has 0 bridgehead atoms. The van der Waals surface area contributed by atoms with Crippen LogP contribution in [0.2, 0.25) is 0 Å². The highest BCUT2D eigenvalue weighted by Gasteiger charge is 2.12. The van der Waals surface area contributed by atoms with Gasteiger partial charge in [0.2, 0.25) is 5.95 Å². The molecule has 9 nitrogen and oxygen atoms in total. The average molecular weight is 423 g/mol. The van der Waals surface area contributed by atoms with Gasteiger partial charge in [-0.1, -0.05) is 12.1 Å². The molecule has 2 heterocycles. The Labute approximate surface area is 175 Å². The van der Waals surface area contributed by atoms with Crippen LogP contribution in [0.3, 0.4) is 0 Å². The summed E-state index contributed by atoms with van der Waals surface area (Å²) in [5.74, 6) is 0.861. The minimum absolute atomic E-state index is 0.0764. The van der Waals surface area contributed by atoms with Crippen molar-refractivity contribution in [2.24, 2.45) is 0 Å². The molecule has 0 unspecified atom stereocenters. The van der Waals surface area contributed by atoms with Crippen LogP contribution in [-0.2, 0) is 6.54 Å². The molecule has 0 aliphatic carbocycles. The largest absolute Gasteiger partial charge is 0.493 e. The van der Waals surface area contributed by atoms with E-state index in [0.29, 0.717) is 18.0 Å². The molecular formula is C21H18FN5O4. The zero-order chi connectivity index (χ0) is 22.0. The van der Waals surface area contributed by atoms with Crippen molar-refractivity contribution in [2.45, 2.75) is 6.54 Å². The first kappa shape index (κ1) is 20.1. The molecule has 158 valence electrons. The summed E-state index contributed by atoms with van der Waals surface area (Å²) in [5.41, 5.74) is -0.295. The fourth-order valence-corrected chi connectivity index (χ4v) is 3.11. The van der Waals surface area contributed by atoms with E-state index in [1.54, 1.807) is 20.3 Å². The Hall–Kier alpha value is -4.21. The number of hydrogen-bond acceptors (Lipinski definition) is 7. The van der Waals surface area contributed by atoms with Gasteiger partial charge >= 0.3 is 5.69 Å². The molecule has 0 fully saturated rings. The number of nitrogens with zero attached hydrogens (tertiary/aromatic N) is 3. The maximum Gasteiger partial charge on any atom is 0.334 e. The van der Waals surface area contributed by atoms with E-state index in [1.807, 2.05) is 12.1 Å². The average Bonchev–Trinajstić information content (AvgIpc) is 2.77. The Morgan fingerprint density at radius 3 is 2.65 bits per heavy atom. The van der Waals surface area contributed by atoms with Gasteiger partial charge in [-0.25, -0.2) is 18.7 Å². The second kappa shape index (κ2) is 8.27. The Kier molecular flexibility index (Phi) is 5.35.